The van der Waals surface area contributed by atoms with Crippen LogP contribution in [0.15, 0.2) is 27.6 Å². The van der Waals surface area contributed by atoms with Crippen LogP contribution in [0.2, 0.25) is 0 Å². The van der Waals surface area contributed by atoms with E-state index in [9.17, 15) is 16.8 Å². The lowest BCUT2D eigenvalue weighted by Gasteiger charge is -2.08. The van der Waals surface area contributed by atoms with Gasteiger partial charge in [0.05, 0.1) is 10.6 Å². The largest absolute Gasteiger partial charge is 0.241 e. The SMILES string of the molecule is Cc1ccc(S(=O)(=O)NCCCS(C)(=O)=O)c(Br)c1. The molecule has 19 heavy (non-hydrogen) atoms. The maximum atomic E-state index is 12.0. The van der Waals surface area contributed by atoms with E-state index in [1.54, 1.807) is 12.1 Å². The monoisotopic (exact) mass is 369 g/mol. The Balaban J connectivity index is 2.71. The number of hydrogen-bond donors (Lipinski definition) is 1. The highest BCUT2D eigenvalue weighted by molar-refractivity contribution is 9.10. The Bertz CT molecular complexity index is 653. The summed E-state index contributed by atoms with van der Waals surface area (Å²) >= 11 is 3.21. The van der Waals surface area contributed by atoms with Crippen molar-refractivity contribution in [3.05, 3.63) is 28.2 Å². The summed E-state index contributed by atoms with van der Waals surface area (Å²) in [6.07, 6.45) is 1.37. The molecule has 0 atom stereocenters. The lowest BCUT2D eigenvalue weighted by Crippen LogP contribution is -2.26. The van der Waals surface area contributed by atoms with Gasteiger partial charge in [-0.2, -0.15) is 0 Å². The topological polar surface area (TPSA) is 80.3 Å². The van der Waals surface area contributed by atoms with E-state index >= 15 is 0 Å². The second-order valence-electron chi connectivity index (χ2n) is 4.32. The Morgan fingerprint density at radius 3 is 2.37 bits per heavy atom. The van der Waals surface area contributed by atoms with Crippen LogP contribution in [0.3, 0.4) is 0 Å². The van der Waals surface area contributed by atoms with Gasteiger partial charge in [-0.25, -0.2) is 21.6 Å². The summed E-state index contributed by atoms with van der Waals surface area (Å²) in [5.41, 5.74) is 0.947. The quantitative estimate of drug-likeness (QED) is 0.769. The van der Waals surface area contributed by atoms with Crippen molar-refractivity contribution >= 4 is 35.8 Å². The molecule has 0 radical (unpaired) electrons. The number of rotatable bonds is 6. The first kappa shape index (κ1) is 16.6. The van der Waals surface area contributed by atoms with Gasteiger partial charge in [0.2, 0.25) is 10.0 Å². The number of benzene rings is 1. The number of halogens is 1. The smallest absolute Gasteiger partial charge is 0.229 e. The van der Waals surface area contributed by atoms with Crippen LogP contribution in [0.25, 0.3) is 0 Å². The molecule has 1 rings (SSSR count). The summed E-state index contributed by atoms with van der Waals surface area (Å²) in [5, 5.41) is 0. The number of nitrogens with one attached hydrogen (secondary N) is 1. The van der Waals surface area contributed by atoms with Crippen molar-refractivity contribution < 1.29 is 16.8 Å². The molecule has 1 aromatic rings. The number of hydrogen-bond acceptors (Lipinski definition) is 4. The zero-order valence-corrected chi connectivity index (χ0v) is 13.9. The third kappa shape index (κ3) is 5.60. The molecule has 5 nitrogen and oxygen atoms in total. The molecule has 0 aromatic heterocycles. The third-order valence-electron chi connectivity index (χ3n) is 2.36. The molecule has 0 aliphatic carbocycles. The van der Waals surface area contributed by atoms with Gasteiger partial charge in [-0.05, 0) is 47.0 Å². The zero-order valence-electron chi connectivity index (χ0n) is 10.7. The molecular formula is C11H16BrNO4S2. The lowest BCUT2D eigenvalue weighted by molar-refractivity contribution is 0.577. The van der Waals surface area contributed by atoms with Gasteiger partial charge in [0.15, 0.2) is 0 Å². The number of sulfone groups is 1. The summed E-state index contributed by atoms with van der Waals surface area (Å²) in [6.45, 7) is 1.95. The van der Waals surface area contributed by atoms with Crippen molar-refractivity contribution in [1.82, 2.24) is 4.72 Å². The van der Waals surface area contributed by atoms with E-state index in [4.69, 9.17) is 0 Å². The second kappa shape index (κ2) is 6.34. The van der Waals surface area contributed by atoms with Crippen molar-refractivity contribution in [3.8, 4) is 0 Å². The minimum atomic E-state index is -3.62. The first-order chi connectivity index (χ1) is 8.62. The Morgan fingerprint density at radius 2 is 1.84 bits per heavy atom. The van der Waals surface area contributed by atoms with Crippen LogP contribution >= 0.6 is 15.9 Å². The van der Waals surface area contributed by atoms with Gasteiger partial charge in [0.25, 0.3) is 0 Å². The Morgan fingerprint density at radius 1 is 1.21 bits per heavy atom. The molecule has 0 saturated carbocycles. The molecule has 1 N–H and O–H groups in total. The fraction of sp³-hybridized carbons (Fsp3) is 0.455. The average molecular weight is 370 g/mol. The van der Waals surface area contributed by atoms with Crippen LogP contribution in [-0.2, 0) is 19.9 Å². The van der Waals surface area contributed by atoms with Gasteiger partial charge < -0.3 is 0 Å². The molecule has 1 aromatic carbocycles. The van der Waals surface area contributed by atoms with Crippen molar-refractivity contribution in [2.24, 2.45) is 0 Å². The minimum Gasteiger partial charge on any atom is -0.229 e. The first-order valence-corrected chi connectivity index (χ1v) is 9.89. The van der Waals surface area contributed by atoms with E-state index in [-0.39, 0.29) is 23.6 Å². The van der Waals surface area contributed by atoms with E-state index in [2.05, 4.69) is 20.7 Å². The van der Waals surface area contributed by atoms with Gasteiger partial charge in [0, 0.05) is 17.3 Å². The summed E-state index contributed by atoms with van der Waals surface area (Å²) < 4.78 is 48.7. The first-order valence-electron chi connectivity index (χ1n) is 5.55. The van der Waals surface area contributed by atoms with Gasteiger partial charge in [-0.15, -0.1) is 0 Å². The third-order valence-corrected chi connectivity index (χ3v) is 5.83. The predicted octanol–water partition coefficient (Wildman–Crippen LogP) is 1.47. The van der Waals surface area contributed by atoms with Gasteiger partial charge in [0.1, 0.15) is 9.84 Å². The molecule has 0 fully saturated rings. The Hall–Kier alpha value is -0.440. The molecular weight excluding hydrogens is 354 g/mol. The molecule has 0 bridgehead atoms. The normalized spacial score (nSPS) is 12.6. The molecule has 0 saturated heterocycles. The standard InChI is InChI=1S/C11H16BrNO4S2/c1-9-4-5-11(10(12)8-9)19(16,17)13-6-3-7-18(2,14)15/h4-5,8,13H,3,6-7H2,1-2H3. The summed E-state index contributed by atoms with van der Waals surface area (Å²) in [7, 11) is -6.68. The summed E-state index contributed by atoms with van der Waals surface area (Å²) in [4.78, 5) is 0.150. The van der Waals surface area contributed by atoms with Gasteiger partial charge >= 0.3 is 0 Å². The fourth-order valence-corrected chi connectivity index (χ4v) is 4.38. The molecule has 0 aliphatic heterocycles. The van der Waals surface area contributed by atoms with E-state index in [1.807, 2.05) is 6.92 Å². The van der Waals surface area contributed by atoms with E-state index in [0.29, 0.717) is 4.47 Å². The van der Waals surface area contributed by atoms with Crippen molar-refractivity contribution in [2.75, 3.05) is 18.6 Å². The molecule has 0 amide bonds. The van der Waals surface area contributed by atoms with E-state index in [1.165, 1.54) is 6.07 Å². The fourth-order valence-electron chi connectivity index (χ4n) is 1.44. The molecule has 0 aliphatic rings. The van der Waals surface area contributed by atoms with Gasteiger partial charge in [-0.3, -0.25) is 0 Å². The number of sulfonamides is 1. The van der Waals surface area contributed by atoms with Crippen LogP contribution in [0.4, 0.5) is 0 Å². The lowest BCUT2D eigenvalue weighted by atomic mass is 10.2. The highest BCUT2D eigenvalue weighted by Crippen LogP contribution is 2.22. The zero-order chi connectivity index (χ0) is 14.7. The van der Waals surface area contributed by atoms with Gasteiger partial charge in [-0.1, -0.05) is 6.07 Å². The van der Waals surface area contributed by atoms with Crippen LogP contribution in [0, 0.1) is 6.92 Å². The Kier molecular flexibility index (Phi) is 5.54. The highest BCUT2D eigenvalue weighted by Gasteiger charge is 2.17. The van der Waals surface area contributed by atoms with Crippen LogP contribution in [0.1, 0.15) is 12.0 Å². The summed E-state index contributed by atoms with van der Waals surface area (Å²) in [6, 6.07) is 4.93. The second-order valence-corrected chi connectivity index (χ2v) is 9.16. The Labute approximate surface area is 122 Å². The van der Waals surface area contributed by atoms with Crippen molar-refractivity contribution in [2.45, 2.75) is 18.2 Å². The molecule has 108 valence electrons. The molecule has 0 heterocycles. The van der Waals surface area contributed by atoms with Crippen molar-refractivity contribution in [1.29, 1.82) is 0 Å². The van der Waals surface area contributed by atoms with Crippen LogP contribution in [-0.4, -0.2) is 35.4 Å². The molecule has 0 unspecified atom stereocenters. The van der Waals surface area contributed by atoms with E-state index < -0.39 is 19.9 Å². The minimum absolute atomic E-state index is 0.0371. The highest BCUT2D eigenvalue weighted by atomic mass is 79.9. The predicted molar refractivity (Wildman–Crippen MR) is 78.4 cm³/mol. The van der Waals surface area contributed by atoms with Crippen LogP contribution < -0.4 is 4.72 Å². The van der Waals surface area contributed by atoms with Crippen molar-refractivity contribution in [3.63, 3.8) is 0 Å². The maximum absolute atomic E-state index is 12.0. The van der Waals surface area contributed by atoms with Crippen LogP contribution in [0.5, 0.6) is 0 Å². The molecule has 0 spiro atoms. The van der Waals surface area contributed by atoms with E-state index in [0.717, 1.165) is 11.8 Å². The maximum Gasteiger partial charge on any atom is 0.241 e. The molecule has 8 heteroatoms. The average Bonchev–Trinajstić information content (AvgIpc) is 2.22. The number of aryl methyl sites for hydroxylation is 1. The summed E-state index contributed by atoms with van der Waals surface area (Å²) in [5.74, 6) is -0.0371.